The van der Waals surface area contributed by atoms with Crippen molar-refractivity contribution in [3.05, 3.63) is 65.9 Å². The molecule has 1 amide bonds. The lowest BCUT2D eigenvalue weighted by Gasteiger charge is -2.10. The molecule has 1 heterocycles. The molecule has 0 unspecified atom stereocenters. The van der Waals surface area contributed by atoms with E-state index in [0.29, 0.717) is 5.56 Å². The smallest absolute Gasteiger partial charge is 0.370 e. The summed E-state index contributed by atoms with van der Waals surface area (Å²) < 4.78 is 67.9. The first-order valence-corrected chi connectivity index (χ1v) is 11.3. The van der Waals surface area contributed by atoms with Gasteiger partial charge in [-0.15, -0.1) is 0 Å². The molecule has 0 spiro atoms. The summed E-state index contributed by atoms with van der Waals surface area (Å²) >= 11 is 0. The fourth-order valence-corrected chi connectivity index (χ4v) is 4.00. The van der Waals surface area contributed by atoms with Crippen molar-refractivity contribution in [3.8, 4) is 16.9 Å². The Morgan fingerprint density at radius 1 is 1.12 bits per heavy atom. The number of amides is 1. The zero-order valence-electron chi connectivity index (χ0n) is 17.8. The Bertz CT molecular complexity index is 1300. The Balaban J connectivity index is 1.89. The maximum atomic E-state index is 13.3. The van der Waals surface area contributed by atoms with Crippen LogP contribution in [-0.2, 0) is 21.0 Å². The number of nitrogens with two attached hydrogens (primary N) is 1. The second-order valence-corrected chi connectivity index (χ2v) is 8.99. The predicted molar refractivity (Wildman–Crippen MR) is 119 cm³/mol. The van der Waals surface area contributed by atoms with Gasteiger partial charge in [0.25, 0.3) is 10.0 Å². The molecule has 0 fully saturated rings. The van der Waals surface area contributed by atoms with Crippen LogP contribution < -0.4 is 15.8 Å². The van der Waals surface area contributed by atoms with Gasteiger partial charge in [-0.1, -0.05) is 29.8 Å². The number of carbonyl (C=O) groups excluding carboxylic acids is 1. The number of alkyl halides is 3. The van der Waals surface area contributed by atoms with E-state index in [1.807, 2.05) is 11.6 Å². The minimum atomic E-state index is -4.67. The van der Waals surface area contributed by atoms with Crippen LogP contribution >= 0.6 is 0 Å². The maximum absolute atomic E-state index is 13.3. The first kappa shape index (κ1) is 24.8. The Kier molecular flexibility index (Phi) is 6.96. The maximum Gasteiger partial charge on any atom is 0.435 e. The minimum absolute atomic E-state index is 0.0295. The molecule has 1 aromatic heterocycles. The lowest BCUT2D eigenvalue weighted by Crippen LogP contribution is -2.36. The minimum Gasteiger partial charge on any atom is -0.370 e. The number of aryl methyl sites for hydroxylation is 1. The summed E-state index contributed by atoms with van der Waals surface area (Å²) in [6.45, 7) is 1.82. The highest BCUT2D eigenvalue weighted by Gasteiger charge is 2.35. The van der Waals surface area contributed by atoms with Gasteiger partial charge in [0, 0.05) is 18.5 Å². The number of hydrogen-bond donors (Lipinski definition) is 4. The molecule has 180 valence electrons. The number of sulfonamides is 1. The van der Waals surface area contributed by atoms with Crippen LogP contribution in [0.15, 0.2) is 59.5 Å². The predicted octanol–water partition coefficient (Wildman–Crippen LogP) is 2.54. The SMILES string of the molecule is Cc1ccc(-c2cc(C(F)(F)F)nn2-c2ccc(S(=O)(=O)NC(=O)CCNC(=N)N)cc2)cc1. The van der Waals surface area contributed by atoms with E-state index in [2.05, 4.69) is 10.4 Å². The summed E-state index contributed by atoms with van der Waals surface area (Å²) in [5.74, 6) is -1.18. The molecule has 3 aromatic rings. The van der Waals surface area contributed by atoms with E-state index in [-0.39, 0.29) is 35.2 Å². The van der Waals surface area contributed by atoms with Crippen molar-refractivity contribution in [2.24, 2.45) is 5.73 Å². The van der Waals surface area contributed by atoms with Crippen molar-refractivity contribution in [1.82, 2.24) is 19.8 Å². The van der Waals surface area contributed by atoms with Crippen LogP contribution in [0.1, 0.15) is 17.7 Å². The summed E-state index contributed by atoms with van der Waals surface area (Å²) in [5.41, 5.74) is 5.80. The number of hydrogen-bond acceptors (Lipinski definition) is 5. The quantitative estimate of drug-likeness (QED) is 0.294. The number of halogens is 3. The van der Waals surface area contributed by atoms with Gasteiger partial charge in [-0.2, -0.15) is 18.3 Å². The molecule has 13 heteroatoms. The molecule has 34 heavy (non-hydrogen) atoms. The molecule has 0 aliphatic rings. The van der Waals surface area contributed by atoms with E-state index in [0.717, 1.165) is 28.4 Å². The molecular weight excluding hydrogens is 473 g/mol. The summed E-state index contributed by atoms with van der Waals surface area (Å²) in [5, 5.41) is 13.1. The molecule has 3 rings (SSSR count). The number of aromatic nitrogens is 2. The Hall–Kier alpha value is -3.87. The van der Waals surface area contributed by atoms with Crippen molar-refractivity contribution < 1.29 is 26.4 Å². The van der Waals surface area contributed by atoms with Crippen LogP contribution in [0.25, 0.3) is 16.9 Å². The van der Waals surface area contributed by atoms with E-state index in [1.165, 1.54) is 12.1 Å². The summed E-state index contributed by atoms with van der Waals surface area (Å²) in [7, 11) is -4.22. The van der Waals surface area contributed by atoms with Gasteiger partial charge in [0.05, 0.1) is 16.3 Å². The summed E-state index contributed by atoms with van der Waals surface area (Å²) in [6.07, 6.45) is -4.92. The van der Waals surface area contributed by atoms with Gasteiger partial charge < -0.3 is 11.1 Å². The van der Waals surface area contributed by atoms with Gasteiger partial charge >= 0.3 is 6.18 Å². The monoisotopic (exact) mass is 494 g/mol. The van der Waals surface area contributed by atoms with Crippen molar-refractivity contribution >= 4 is 21.9 Å². The molecule has 5 N–H and O–H groups in total. The third kappa shape index (κ3) is 5.92. The van der Waals surface area contributed by atoms with Gasteiger partial charge in [0.15, 0.2) is 11.7 Å². The molecule has 0 aliphatic carbocycles. The first-order chi connectivity index (χ1) is 15.9. The van der Waals surface area contributed by atoms with E-state index < -0.39 is 27.8 Å². The number of rotatable bonds is 7. The van der Waals surface area contributed by atoms with Gasteiger partial charge in [-0.05, 0) is 37.3 Å². The van der Waals surface area contributed by atoms with Gasteiger partial charge in [0.1, 0.15) is 0 Å². The van der Waals surface area contributed by atoms with E-state index in [9.17, 15) is 26.4 Å². The third-order valence-corrected chi connectivity index (χ3v) is 6.04. The molecular formula is C21H21F3N6O3S. The van der Waals surface area contributed by atoms with E-state index in [4.69, 9.17) is 11.1 Å². The van der Waals surface area contributed by atoms with Gasteiger partial charge in [0.2, 0.25) is 5.91 Å². The average Bonchev–Trinajstić information content (AvgIpc) is 3.20. The largest absolute Gasteiger partial charge is 0.435 e. The van der Waals surface area contributed by atoms with Gasteiger partial charge in [-0.3, -0.25) is 10.2 Å². The number of guanidine groups is 1. The van der Waals surface area contributed by atoms with Crippen LogP contribution in [-0.4, -0.2) is 36.6 Å². The molecule has 0 radical (unpaired) electrons. The highest BCUT2D eigenvalue weighted by molar-refractivity contribution is 7.90. The van der Waals surface area contributed by atoms with Crippen molar-refractivity contribution in [2.45, 2.75) is 24.4 Å². The average molecular weight is 494 g/mol. The first-order valence-electron chi connectivity index (χ1n) is 9.85. The topological polar surface area (TPSA) is 143 Å². The molecule has 0 bridgehead atoms. The number of benzene rings is 2. The summed E-state index contributed by atoms with van der Waals surface area (Å²) in [4.78, 5) is 11.6. The summed E-state index contributed by atoms with van der Waals surface area (Å²) in [6, 6.07) is 12.7. The van der Waals surface area contributed by atoms with Crippen LogP contribution in [0, 0.1) is 12.3 Å². The molecule has 0 atom stereocenters. The Morgan fingerprint density at radius 3 is 2.29 bits per heavy atom. The van der Waals surface area contributed by atoms with Crippen LogP contribution in [0.4, 0.5) is 13.2 Å². The van der Waals surface area contributed by atoms with Crippen LogP contribution in [0.3, 0.4) is 0 Å². The van der Waals surface area contributed by atoms with E-state index in [1.54, 1.807) is 24.3 Å². The normalized spacial score (nSPS) is 11.8. The van der Waals surface area contributed by atoms with Crippen molar-refractivity contribution in [1.29, 1.82) is 5.41 Å². The molecule has 0 aliphatic heterocycles. The highest BCUT2D eigenvalue weighted by atomic mass is 32.2. The lowest BCUT2D eigenvalue weighted by atomic mass is 10.1. The fourth-order valence-electron chi connectivity index (χ4n) is 2.98. The molecule has 0 saturated carbocycles. The zero-order valence-corrected chi connectivity index (χ0v) is 18.7. The molecule has 9 nitrogen and oxygen atoms in total. The lowest BCUT2D eigenvalue weighted by molar-refractivity contribution is -0.141. The number of nitrogens with zero attached hydrogens (tertiary/aromatic N) is 2. The van der Waals surface area contributed by atoms with Crippen LogP contribution in [0.2, 0.25) is 0 Å². The van der Waals surface area contributed by atoms with Gasteiger partial charge in [-0.25, -0.2) is 17.8 Å². The van der Waals surface area contributed by atoms with Crippen molar-refractivity contribution in [2.75, 3.05) is 6.54 Å². The third-order valence-electron chi connectivity index (χ3n) is 4.65. The van der Waals surface area contributed by atoms with Crippen LogP contribution in [0.5, 0.6) is 0 Å². The Morgan fingerprint density at radius 2 is 1.74 bits per heavy atom. The number of nitrogens with one attached hydrogen (secondary N) is 3. The molecule has 0 saturated heterocycles. The fraction of sp³-hybridized carbons (Fsp3) is 0.190. The van der Waals surface area contributed by atoms with Crippen molar-refractivity contribution in [3.63, 3.8) is 0 Å². The molecule has 2 aromatic carbocycles. The standard InChI is InChI=1S/C21H21F3N6O3S/c1-13-2-4-14(5-3-13)17-12-18(21(22,23)24)28-30(17)15-6-8-16(9-7-15)34(32,33)29-19(31)10-11-27-20(25)26/h2-9,12H,10-11H2,1H3,(H,29,31)(H4,25,26,27). The second kappa shape index (κ2) is 9.55. The van der Waals surface area contributed by atoms with E-state index >= 15 is 0 Å². The Labute approximate surface area is 193 Å². The zero-order chi connectivity index (χ0) is 25.1. The second-order valence-electron chi connectivity index (χ2n) is 7.30. The highest BCUT2D eigenvalue weighted by Crippen LogP contribution is 2.33. The number of carbonyl (C=O) groups is 1.